The molecule has 0 bridgehead atoms. The topological polar surface area (TPSA) is 52.9 Å². The summed E-state index contributed by atoms with van der Waals surface area (Å²) in [5, 5.41) is 10.8. The van der Waals surface area contributed by atoms with E-state index in [4.69, 9.17) is 5.26 Å². The number of amides is 1. The third-order valence-corrected chi connectivity index (χ3v) is 2.42. The highest BCUT2D eigenvalue weighted by Gasteiger charge is 2.21. The predicted octanol–water partition coefficient (Wildman–Crippen LogP) is 1.74. The van der Waals surface area contributed by atoms with Crippen molar-refractivity contribution in [2.45, 2.75) is 19.3 Å². The van der Waals surface area contributed by atoms with Crippen molar-refractivity contribution < 1.29 is 9.18 Å². The Balaban J connectivity index is 2.74. The molecule has 0 radical (unpaired) electrons. The molecule has 3 nitrogen and oxygen atoms in total. The monoisotopic (exact) mass is 220 g/mol. The first-order chi connectivity index (χ1) is 7.45. The van der Waals surface area contributed by atoms with E-state index >= 15 is 0 Å². The van der Waals surface area contributed by atoms with Crippen molar-refractivity contribution in [3.05, 3.63) is 35.6 Å². The zero-order chi connectivity index (χ0) is 12.2. The summed E-state index contributed by atoms with van der Waals surface area (Å²) in [5.74, 6) is -0.948. The predicted molar refractivity (Wildman–Crippen MR) is 58.0 cm³/mol. The second-order valence-electron chi connectivity index (χ2n) is 4.19. The van der Waals surface area contributed by atoms with E-state index in [2.05, 4.69) is 5.32 Å². The van der Waals surface area contributed by atoms with Crippen molar-refractivity contribution in [2.75, 3.05) is 6.54 Å². The molecular weight excluding hydrogens is 207 g/mol. The normalized spacial score (nSPS) is 10.6. The van der Waals surface area contributed by atoms with Crippen LogP contribution >= 0.6 is 0 Å². The minimum absolute atomic E-state index is 0.291. The number of nitrogens with one attached hydrogen (secondary N) is 1. The van der Waals surface area contributed by atoms with Gasteiger partial charge in [0.2, 0.25) is 0 Å². The molecule has 1 aromatic rings. The summed E-state index contributed by atoms with van der Waals surface area (Å²) in [4.78, 5) is 10.8. The Morgan fingerprint density at radius 1 is 1.44 bits per heavy atom. The zero-order valence-electron chi connectivity index (χ0n) is 9.25. The lowest BCUT2D eigenvalue weighted by Gasteiger charge is -2.24. The standard InChI is InChI=1S/C12H13FN2O/c1-12(2,8-15-11(16)7-14)9-3-5-10(13)6-4-9/h3-6H,8H2,1-2H3,(H,15,16). The highest BCUT2D eigenvalue weighted by Crippen LogP contribution is 2.22. The van der Waals surface area contributed by atoms with Crippen molar-refractivity contribution in [2.24, 2.45) is 0 Å². The summed E-state index contributed by atoms with van der Waals surface area (Å²) in [7, 11) is 0. The molecule has 0 aliphatic heterocycles. The van der Waals surface area contributed by atoms with E-state index in [1.165, 1.54) is 18.2 Å². The van der Waals surface area contributed by atoms with Crippen LogP contribution in [-0.2, 0) is 10.2 Å². The van der Waals surface area contributed by atoms with Crippen LogP contribution < -0.4 is 5.32 Å². The molecule has 1 aromatic carbocycles. The molecule has 84 valence electrons. The van der Waals surface area contributed by atoms with Crippen LogP contribution in [0.1, 0.15) is 19.4 Å². The van der Waals surface area contributed by atoms with Gasteiger partial charge < -0.3 is 5.32 Å². The third kappa shape index (κ3) is 3.06. The van der Waals surface area contributed by atoms with E-state index in [0.29, 0.717) is 6.54 Å². The van der Waals surface area contributed by atoms with E-state index in [9.17, 15) is 9.18 Å². The van der Waals surface area contributed by atoms with Gasteiger partial charge in [-0.2, -0.15) is 5.26 Å². The van der Waals surface area contributed by atoms with Crippen LogP contribution in [0.25, 0.3) is 0 Å². The molecular formula is C12H13FN2O. The average Bonchev–Trinajstić information content (AvgIpc) is 2.26. The first kappa shape index (κ1) is 12.2. The maximum absolute atomic E-state index is 12.7. The molecule has 0 saturated heterocycles. The number of carbonyl (C=O) groups excluding carboxylic acids is 1. The van der Waals surface area contributed by atoms with Crippen molar-refractivity contribution in [1.82, 2.24) is 5.32 Å². The molecule has 0 aromatic heterocycles. The maximum atomic E-state index is 12.7. The zero-order valence-corrected chi connectivity index (χ0v) is 9.25. The number of benzene rings is 1. The largest absolute Gasteiger partial charge is 0.343 e. The fourth-order valence-corrected chi connectivity index (χ4v) is 1.34. The summed E-state index contributed by atoms with van der Waals surface area (Å²) in [5.41, 5.74) is 0.576. The molecule has 0 unspecified atom stereocenters. The van der Waals surface area contributed by atoms with Crippen LogP contribution in [0.5, 0.6) is 0 Å². The number of nitriles is 1. The quantitative estimate of drug-likeness (QED) is 0.789. The SMILES string of the molecule is CC(C)(CNC(=O)C#N)c1ccc(F)cc1. The van der Waals surface area contributed by atoms with E-state index in [-0.39, 0.29) is 11.2 Å². The summed E-state index contributed by atoms with van der Waals surface area (Å²) < 4.78 is 12.7. The van der Waals surface area contributed by atoms with Crippen LogP contribution in [0, 0.1) is 17.1 Å². The van der Waals surface area contributed by atoms with Crippen molar-refractivity contribution in [3.8, 4) is 6.07 Å². The van der Waals surface area contributed by atoms with Crippen LogP contribution in [0.2, 0.25) is 0 Å². The lowest BCUT2D eigenvalue weighted by molar-refractivity contribution is -0.116. The third-order valence-electron chi connectivity index (χ3n) is 2.42. The van der Waals surface area contributed by atoms with Crippen LogP contribution in [0.4, 0.5) is 4.39 Å². The highest BCUT2D eigenvalue weighted by molar-refractivity contribution is 5.91. The summed E-state index contributed by atoms with van der Waals surface area (Å²) in [6.45, 7) is 4.17. The van der Waals surface area contributed by atoms with Crippen LogP contribution in [0.15, 0.2) is 24.3 Å². The van der Waals surface area contributed by atoms with Gasteiger partial charge in [0.1, 0.15) is 5.82 Å². The van der Waals surface area contributed by atoms with Gasteiger partial charge in [-0.1, -0.05) is 26.0 Å². The highest BCUT2D eigenvalue weighted by atomic mass is 19.1. The number of halogens is 1. The molecule has 0 saturated carbocycles. The number of hydrogen-bond donors (Lipinski definition) is 1. The number of nitrogens with zero attached hydrogens (tertiary/aromatic N) is 1. The average molecular weight is 220 g/mol. The van der Waals surface area contributed by atoms with Gasteiger partial charge in [0.05, 0.1) is 0 Å². The van der Waals surface area contributed by atoms with Crippen molar-refractivity contribution >= 4 is 5.91 Å². The molecule has 1 amide bonds. The van der Waals surface area contributed by atoms with Crippen molar-refractivity contribution in [3.63, 3.8) is 0 Å². The Labute approximate surface area is 93.9 Å². The first-order valence-corrected chi connectivity index (χ1v) is 4.90. The summed E-state index contributed by atoms with van der Waals surface area (Å²) in [6.07, 6.45) is 0. The Kier molecular flexibility index (Phi) is 3.62. The van der Waals surface area contributed by atoms with Crippen molar-refractivity contribution in [1.29, 1.82) is 5.26 Å². The molecule has 0 aliphatic rings. The van der Waals surface area contributed by atoms with Gasteiger partial charge in [-0.25, -0.2) is 4.39 Å². The molecule has 0 heterocycles. The van der Waals surface area contributed by atoms with E-state index < -0.39 is 5.91 Å². The number of carbonyl (C=O) groups is 1. The van der Waals surface area contributed by atoms with Gasteiger partial charge in [-0.05, 0) is 17.7 Å². The Hall–Kier alpha value is -1.89. The Morgan fingerprint density at radius 2 is 2.00 bits per heavy atom. The summed E-state index contributed by atoms with van der Waals surface area (Å²) in [6, 6.07) is 7.59. The molecule has 1 N–H and O–H groups in total. The van der Waals surface area contributed by atoms with Crippen LogP contribution in [-0.4, -0.2) is 12.5 Å². The van der Waals surface area contributed by atoms with Gasteiger partial charge in [-0.3, -0.25) is 4.79 Å². The summed E-state index contributed by atoms with van der Waals surface area (Å²) >= 11 is 0. The van der Waals surface area contributed by atoms with Gasteiger partial charge in [-0.15, -0.1) is 0 Å². The Morgan fingerprint density at radius 3 is 2.50 bits per heavy atom. The maximum Gasteiger partial charge on any atom is 0.322 e. The van der Waals surface area contributed by atoms with Gasteiger partial charge in [0.15, 0.2) is 6.07 Å². The minimum atomic E-state index is -0.657. The second-order valence-corrected chi connectivity index (χ2v) is 4.19. The first-order valence-electron chi connectivity index (χ1n) is 4.90. The molecule has 0 aliphatic carbocycles. The second kappa shape index (κ2) is 4.75. The van der Waals surface area contributed by atoms with Gasteiger partial charge >= 0.3 is 5.91 Å². The molecule has 0 atom stereocenters. The lowest BCUT2D eigenvalue weighted by atomic mass is 9.84. The molecule has 1 rings (SSSR count). The van der Waals surface area contributed by atoms with Gasteiger partial charge in [0.25, 0.3) is 0 Å². The lowest BCUT2D eigenvalue weighted by Crippen LogP contribution is -2.36. The minimum Gasteiger partial charge on any atom is -0.343 e. The number of rotatable bonds is 3. The number of hydrogen-bond acceptors (Lipinski definition) is 2. The fourth-order valence-electron chi connectivity index (χ4n) is 1.34. The van der Waals surface area contributed by atoms with Crippen LogP contribution in [0.3, 0.4) is 0 Å². The fraction of sp³-hybridized carbons (Fsp3) is 0.333. The molecule has 0 fully saturated rings. The molecule has 0 spiro atoms. The van der Waals surface area contributed by atoms with E-state index in [1.54, 1.807) is 12.1 Å². The Bertz CT molecular complexity index is 418. The van der Waals surface area contributed by atoms with E-state index in [0.717, 1.165) is 5.56 Å². The smallest absolute Gasteiger partial charge is 0.322 e. The molecule has 16 heavy (non-hydrogen) atoms. The van der Waals surface area contributed by atoms with E-state index in [1.807, 2.05) is 13.8 Å². The van der Waals surface area contributed by atoms with Gasteiger partial charge in [0, 0.05) is 12.0 Å². The molecule has 4 heteroatoms.